The Morgan fingerprint density at radius 1 is 0.960 bits per heavy atom. The highest BCUT2D eigenvalue weighted by molar-refractivity contribution is 7.14. The molecule has 0 atom stereocenters. The average molecular weight is 345 g/mol. The fourth-order valence-electron chi connectivity index (χ4n) is 2.75. The van der Waals surface area contributed by atoms with Crippen LogP contribution >= 0.6 is 11.3 Å². The molecule has 1 N–H and O–H groups in total. The molecule has 0 aliphatic rings. The standard InChI is InChI=1S/C20H15N3OS/c24-19(12-15-8-5-7-14-6-1-2-9-16(14)15)23-20-22-18(13-25-20)17-10-3-4-11-21-17/h1-11,13H,12H2,(H,22,23,24). The summed E-state index contributed by atoms with van der Waals surface area (Å²) in [6.45, 7) is 0. The van der Waals surface area contributed by atoms with Crippen LogP contribution in [0.2, 0.25) is 0 Å². The first kappa shape index (κ1) is 15.5. The lowest BCUT2D eigenvalue weighted by Gasteiger charge is -2.06. The third kappa shape index (κ3) is 3.41. The number of anilines is 1. The van der Waals surface area contributed by atoms with Crippen molar-refractivity contribution >= 4 is 33.1 Å². The number of hydrogen-bond acceptors (Lipinski definition) is 4. The maximum absolute atomic E-state index is 12.4. The number of amides is 1. The third-order valence-corrected chi connectivity index (χ3v) is 4.67. The van der Waals surface area contributed by atoms with E-state index < -0.39 is 0 Å². The van der Waals surface area contributed by atoms with E-state index >= 15 is 0 Å². The van der Waals surface area contributed by atoms with Gasteiger partial charge in [0.15, 0.2) is 5.13 Å². The summed E-state index contributed by atoms with van der Waals surface area (Å²) in [5.74, 6) is -0.0710. The molecule has 4 aromatic rings. The second kappa shape index (κ2) is 6.83. The van der Waals surface area contributed by atoms with Gasteiger partial charge in [-0.25, -0.2) is 4.98 Å². The van der Waals surface area contributed by atoms with E-state index in [4.69, 9.17) is 0 Å². The number of aromatic nitrogens is 2. The second-order valence-electron chi connectivity index (χ2n) is 5.62. The van der Waals surface area contributed by atoms with Crippen LogP contribution in [0.1, 0.15) is 5.56 Å². The SMILES string of the molecule is O=C(Cc1cccc2ccccc12)Nc1nc(-c2ccccn2)cs1. The highest BCUT2D eigenvalue weighted by Crippen LogP contribution is 2.24. The molecular weight excluding hydrogens is 330 g/mol. The summed E-state index contributed by atoms with van der Waals surface area (Å²) in [4.78, 5) is 21.1. The number of fused-ring (bicyclic) bond motifs is 1. The molecule has 25 heavy (non-hydrogen) atoms. The van der Waals surface area contributed by atoms with Crippen molar-refractivity contribution in [3.63, 3.8) is 0 Å². The molecule has 4 nitrogen and oxygen atoms in total. The number of carbonyl (C=O) groups is 1. The Balaban J connectivity index is 1.50. The van der Waals surface area contributed by atoms with Gasteiger partial charge < -0.3 is 5.32 Å². The lowest BCUT2D eigenvalue weighted by atomic mass is 10.0. The van der Waals surface area contributed by atoms with Crippen molar-refractivity contribution < 1.29 is 4.79 Å². The largest absolute Gasteiger partial charge is 0.302 e. The molecule has 2 aromatic heterocycles. The maximum atomic E-state index is 12.4. The molecule has 0 aliphatic heterocycles. The Hall–Kier alpha value is -3.05. The zero-order valence-corrected chi connectivity index (χ0v) is 14.2. The van der Waals surface area contributed by atoms with Gasteiger partial charge in [-0.15, -0.1) is 11.3 Å². The molecule has 0 aliphatic carbocycles. The Kier molecular flexibility index (Phi) is 4.23. The minimum atomic E-state index is -0.0710. The van der Waals surface area contributed by atoms with Crippen LogP contribution in [0.25, 0.3) is 22.2 Å². The molecule has 0 bridgehead atoms. The molecule has 0 fully saturated rings. The number of rotatable bonds is 4. The fraction of sp³-hybridized carbons (Fsp3) is 0.0500. The number of carbonyl (C=O) groups excluding carboxylic acids is 1. The van der Waals surface area contributed by atoms with E-state index in [0.29, 0.717) is 11.6 Å². The van der Waals surface area contributed by atoms with Crippen LogP contribution in [-0.2, 0) is 11.2 Å². The number of hydrogen-bond donors (Lipinski definition) is 1. The van der Waals surface area contributed by atoms with Crippen LogP contribution in [0.15, 0.2) is 72.2 Å². The Morgan fingerprint density at radius 3 is 2.68 bits per heavy atom. The molecule has 1 amide bonds. The lowest BCUT2D eigenvalue weighted by Crippen LogP contribution is -2.14. The summed E-state index contributed by atoms with van der Waals surface area (Å²) in [6.07, 6.45) is 2.05. The van der Waals surface area contributed by atoms with Gasteiger partial charge in [0.1, 0.15) is 5.69 Å². The van der Waals surface area contributed by atoms with Crippen molar-refractivity contribution in [2.24, 2.45) is 0 Å². The number of nitrogens with one attached hydrogen (secondary N) is 1. The van der Waals surface area contributed by atoms with Gasteiger partial charge in [-0.05, 0) is 28.5 Å². The topological polar surface area (TPSA) is 54.9 Å². The highest BCUT2D eigenvalue weighted by Gasteiger charge is 2.10. The van der Waals surface area contributed by atoms with Gasteiger partial charge in [0, 0.05) is 11.6 Å². The molecule has 0 unspecified atom stereocenters. The lowest BCUT2D eigenvalue weighted by molar-refractivity contribution is -0.115. The zero-order chi connectivity index (χ0) is 17.1. The molecule has 5 heteroatoms. The van der Waals surface area contributed by atoms with Crippen LogP contribution < -0.4 is 5.32 Å². The summed E-state index contributed by atoms with van der Waals surface area (Å²) in [5, 5.41) is 7.62. The molecule has 2 heterocycles. The minimum absolute atomic E-state index is 0.0710. The summed E-state index contributed by atoms with van der Waals surface area (Å²) >= 11 is 1.40. The van der Waals surface area contributed by atoms with Gasteiger partial charge in [-0.3, -0.25) is 9.78 Å². The Bertz CT molecular complexity index is 1020. The minimum Gasteiger partial charge on any atom is -0.302 e. The van der Waals surface area contributed by atoms with Crippen LogP contribution in [0.4, 0.5) is 5.13 Å². The van der Waals surface area contributed by atoms with Crippen LogP contribution in [0.3, 0.4) is 0 Å². The summed E-state index contributed by atoms with van der Waals surface area (Å²) < 4.78 is 0. The second-order valence-corrected chi connectivity index (χ2v) is 6.47. The van der Waals surface area contributed by atoms with Crippen LogP contribution in [0, 0.1) is 0 Å². The van der Waals surface area contributed by atoms with Crippen molar-refractivity contribution in [1.29, 1.82) is 0 Å². The molecule has 0 saturated carbocycles. The van der Waals surface area contributed by atoms with Crippen molar-refractivity contribution in [2.45, 2.75) is 6.42 Å². The number of thiazole rings is 1. The van der Waals surface area contributed by atoms with Gasteiger partial charge >= 0.3 is 0 Å². The van der Waals surface area contributed by atoms with Gasteiger partial charge in [0.2, 0.25) is 5.91 Å². The maximum Gasteiger partial charge on any atom is 0.230 e. The summed E-state index contributed by atoms with van der Waals surface area (Å²) in [7, 11) is 0. The number of benzene rings is 2. The van der Waals surface area contributed by atoms with Crippen molar-refractivity contribution in [3.8, 4) is 11.4 Å². The molecular formula is C20H15N3OS. The van der Waals surface area contributed by atoms with Gasteiger partial charge in [-0.2, -0.15) is 0 Å². The number of nitrogens with zero attached hydrogens (tertiary/aromatic N) is 2. The van der Waals surface area contributed by atoms with Crippen molar-refractivity contribution in [2.75, 3.05) is 5.32 Å². The number of pyridine rings is 1. The first-order chi connectivity index (χ1) is 12.3. The van der Waals surface area contributed by atoms with Gasteiger partial charge in [-0.1, -0.05) is 48.5 Å². The molecule has 4 rings (SSSR count). The van der Waals surface area contributed by atoms with Crippen molar-refractivity contribution in [1.82, 2.24) is 9.97 Å². The third-order valence-electron chi connectivity index (χ3n) is 3.91. The smallest absolute Gasteiger partial charge is 0.230 e. The van der Waals surface area contributed by atoms with E-state index in [9.17, 15) is 4.79 Å². The van der Waals surface area contributed by atoms with E-state index in [0.717, 1.165) is 27.7 Å². The molecule has 0 radical (unpaired) electrons. The average Bonchev–Trinajstić information content (AvgIpc) is 3.11. The Labute approximate surface area is 149 Å². The Morgan fingerprint density at radius 2 is 1.80 bits per heavy atom. The monoisotopic (exact) mass is 345 g/mol. The predicted octanol–water partition coefficient (Wildman–Crippen LogP) is 4.54. The van der Waals surface area contributed by atoms with Crippen molar-refractivity contribution in [3.05, 3.63) is 77.8 Å². The van der Waals surface area contributed by atoms with E-state index in [-0.39, 0.29) is 5.91 Å². The summed E-state index contributed by atoms with van der Waals surface area (Å²) in [6, 6.07) is 19.8. The quantitative estimate of drug-likeness (QED) is 0.591. The normalized spacial score (nSPS) is 10.7. The predicted molar refractivity (Wildman–Crippen MR) is 102 cm³/mol. The summed E-state index contributed by atoms with van der Waals surface area (Å²) in [5.41, 5.74) is 2.58. The first-order valence-corrected chi connectivity index (χ1v) is 8.81. The van der Waals surface area contributed by atoms with E-state index in [1.165, 1.54) is 11.3 Å². The van der Waals surface area contributed by atoms with Crippen LogP contribution in [-0.4, -0.2) is 15.9 Å². The van der Waals surface area contributed by atoms with Gasteiger partial charge in [0.25, 0.3) is 0 Å². The van der Waals surface area contributed by atoms with E-state index in [2.05, 4.69) is 27.4 Å². The zero-order valence-electron chi connectivity index (χ0n) is 13.3. The highest BCUT2D eigenvalue weighted by atomic mass is 32.1. The molecule has 0 saturated heterocycles. The van der Waals surface area contributed by atoms with Gasteiger partial charge in [0.05, 0.1) is 12.1 Å². The first-order valence-electron chi connectivity index (χ1n) is 7.93. The molecule has 0 spiro atoms. The van der Waals surface area contributed by atoms with Crippen LogP contribution in [0.5, 0.6) is 0 Å². The van der Waals surface area contributed by atoms with E-state index in [1.807, 2.05) is 53.9 Å². The molecule has 122 valence electrons. The molecule has 2 aromatic carbocycles. The van der Waals surface area contributed by atoms with E-state index in [1.54, 1.807) is 6.20 Å². The fourth-order valence-corrected chi connectivity index (χ4v) is 3.47.